The van der Waals surface area contributed by atoms with Crippen molar-refractivity contribution in [3.63, 3.8) is 0 Å². The molecular weight excluding hydrogens is 576 g/mol. The molecular formula is C28H32O15. The Labute approximate surface area is 242 Å². The first kappa shape index (κ1) is 31.1. The van der Waals surface area contributed by atoms with Crippen LogP contribution in [0.5, 0.6) is 17.2 Å². The Bertz CT molecular complexity index is 1490. The molecule has 3 heterocycles. The molecule has 2 aliphatic heterocycles. The van der Waals surface area contributed by atoms with Gasteiger partial charge in [0.25, 0.3) is 0 Å². The lowest BCUT2D eigenvalue weighted by Crippen LogP contribution is -2.62. The molecule has 10 atom stereocenters. The SMILES string of the molecule is COc1cc2oc(-c3ccc(O)cc3)cc(=O)c2c(O)c1[C@H]1O[C@H](CO)[C@@H](O)[C@H](O)[C@H]1O[C@H]1O[C@H](CO)[C@@H](O)[C@H](O)[C@H]1O. The third kappa shape index (κ3) is 5.56. The summed E-state index contributed by atoms with van der Waals surface area (Å²) in [5.74, 6) is -0.711. The summed E-state index contributed by atoms with van der Waals surface area (Å²) in [6, 6.07) is 8.22. The summed E-state index contributed by atoms with van der Waals surface area (Å²) in [4.78, 5) is 13.3. The molecule has 2 saturated heterocycles. The van der Waals surface area contributed by atoms with Crippen molar-refractivity contribution in [3.05, 3.63) is 52.2 Å². The van der Waals surface area contributed by atoms with Crippen LogP contribution in [0.15, 0.2) is 45.6 Å². The van der Waals surface area contributed by atoms with Crippen LogP contribution >= 0.6 is 0 Å². The molecule has 5 rings (SSSR count). The van der Waals surface area contributed by atoms with E-state index < -0.39 is 85.6 Å². The zero-order valence-corrected chi connectivity index (χ0v) is 22.6. The number of aromatic hydroxyl groups is 2. The highest BCUT2D eigenvalue weighted by atomic mass is 16.7. The first-order chi connectivity index (χ1) is 20.5. The Morgan fingerprint density at radius 3 is 2.07 bits per heavy atom. The van der Waals surface area contributed by atoms with Gasteiger partial charge in [0, 0.05) is 17.7 Å². The van der Waals surface area contributed by atoms with Gasteiger partial charge in [-0.15, -0.1) is 0 Å². The quantitative estimate of drug-likeness (QED) is 0.144. The van der Waals surface area contributed by atoms with Crippen molar-refractivity contribution in [3.8, 4) is 28.6 Å². The van der Waals surface area contributed by atoms with Crippen molar-refractivity contribution in [1.82, 2.24) is 0 Å². The zero-order valence-electron chi connectivity index (χ0n) is 22.6. The predicted molar refractivity (Wildman–Crippen MR) is 143 cm³/mol. The van der Waals surface area contributed by atoms with E-state index in [2.05, 4.69) is 0 Å². The van der Waals surface area contributed by atoms with Gasteiger partial charge in [0.2, 0.25) is 0 Å². The van der Waals surface area contributed by atoms with Gasteiger partial charge in [-0.05, 0) is 24.3 Å². The van der Waals surface area contributed by atoms with Crippen molar-refractivity contribution in [1.29, 1.82) is 0 Å². The van der Waals surface area contributed by atoms with Crippen molar-refractivity contribution in [2.75, 3.05) is 20.3 Å². The van der Waals surface area contributed by atoms with Crippen molar-refractivity contribution < 1.29 is 69.3 Å². The highest BCUT2D eigenvalue weighted by Crippen LogP contribution is 2.46. The van der Waals surface area contributed by atoms with Gasteiger partial charge >= 0.3 is 0 Å². The zero-order chi connectivity index (χ0) is 31.2. The lowest BCUT2D eigenvalue weighted by atomic mass is 9.89. The molecule has 234 valence electrons. The molecule has 9 N–H and O–H groups in total. The van der Waals surface area contributed by atoms with Crippen molar-refractivity contribution in [2.24, 2.45) is 0 Å². The summed E-state index contributed by atoms with van der Waals surface area (Å²) in [6.45, 7) is -1.55. The topological polar surface area (TPSA) is 249 Å². The number of fused-ring (bicyclic) bond motifs is 1. The van der Waals surface area contributed by atoms with E-state index in [1.807, 2.05) is 0 Å². The molecule has 3 aromatic rings. The van der Waals surface area contributed by atoms with Gasteiger partial charge in [-0.3, -0.25) is 4.79 Å². The van der Waals surface area contributed by atoms with Crippen LogP contribution in [0.2, 0.25) is 0 Å². The molecule has 2 aliphatic rings. The third-order valence-corrected chi connectivity index (χ3v) is 7.66. The van der Waals surface area contributed by atoms with Gasteiger partial charge in [0.05, 0.1) is 25.9 Å². The Balaban J connectivity index is 1.61. The number of hydrogen-bond acceptors (Lipinski definition) is 15. The van der Waals surface area contributed by atoms with Crippen molar-refractivity contribution in [2.45, 2.75) is 61.2 Å². The van der Waals surface area contributed by atoms with E-state index in [-0.39, 0.29) is 33.8 Å². The monoisotopic (exact) mass is 608 g/mol. The molecule has 0 aliphatic carbocycles. The van der Waals surface area contributed by atoms with Gasteiger partial charge in [0.15, 0.2) is 11.7 Å². The Kier molecular flexibility index (Phi) is 8.92. The third-order valence-electron chi connectivity index (χ3n) is 7.66. The molecule has 0 spiro atoms. The molecule has 0 saturated carbocycles. The number of rotatable bonds is 7. The average molecular weight is 609 g/mol. The summed E-state index contributed by atoms with van der Waals surface area (Å²) in [6.07, 6.45) is -16.9. The molecule has 15 heteroatoms. The van der Waals surface area contributed by atoms with E-state index in [4.69, 9.17) is 23.4 Å². The Hall–Kier alpha value is -3.35. The van der Waals surface area contributed by atoms with Gasteiger partial charge in [0.1, 0.15) is 88.9 Å². The largest absolute Gasteiger partial charge is 0.508 e. The van der Waals surface area contributed by atoms with Crippen LogP contribution in [0.1, 0.15) is 11.7 Å². The van der Waals surface area contributed by atoms with Gasteiger partial charge in [-0.1, -0.05) is 0 Å². The van der Waals surface area contributed by atoms with E-state index in [1.165, 1.54) is 37.4 Å². The maximum atomic E-state index is 13.3. The fraction of sp³-hybridized carbons (Fsp3) is 0.464. The molecule has 1 aromatic heterocycles. The molecule has 15 nitrogen and oxygen atoms in total. The van der Waals surface area contributed by atoms with Crippen LogP contribution in [0.4, 0.5) is 0 Å². The van der Waals surface area contributed by atoms with Crippen LogP contribution in [0.3, 0.4) is 0 Å². The van der Waals surface area contributed by atoms with Crippen LogP contribution in [0.25, 0.3) is 22.3 Å². The molecule has 0 bridgehead atoms. The number of phenolic OH excluding ortho intramolecular Hbond substituents is 2. The van der Waals surface area contributed by atoms with Crippen LogP contribution in [-0.4, -0.2) is 121 Å². The minimum absolute atomic E-state index is 0.00250. The lowest BCUT2D eigenvalue weighted by molar-refractivity contribution is -0.342. The highest BCUT2D eigenvalue weighted by Gasteiger charge is 2.52. The maximum Gasteiger partial charge on any atom is 0.197 e. The number of aliphatic hydroxyl groups excluding tert-OH is 7. The second-order valence-corrected chi connectivity index (χ2v) is 10.3. The molecule has 0 unspecified atom stereocenters. The first-order valence-electron chi connectivity index (χ1n) is 13.3. The number of hydrogen-bond donors (Lipinski definition) is 9. The smallest absolute Gasteiger partial charge is 0.197 e. The number of methoxy groups -OCH3 is 1. The average Bonchev–Trinajstić information content (AvgIpc) is 2.99. The van der Waals surface area contributed by atoms with E-state index in [1.54, 1.807) is 0 Å². The van der Waals surface area contributed by atoms with Crippen LogP contribution in [-0.2, 0) is 14.2 Å². The number of phenols is 2. The number of benzene rings is 2. The summed E-state index contributed by atoms with van der Waals surface area (Å²) in [5.41, 5.74) is -0.591. The van der Waals surface area contributed by atoms with E-state index >= 15 is 0 Å². The summed E-state index contributed by atoms with van der Waals surface area (Å²) >= 11 is 0. The van der Waals surface area contributed by atoms with Crippen LogP contribution in [0, 0.1) is 0 Å². The molecule has 2 fully saturated rings. The number of aliphatic hydroxyl groups is 7. The van der Waals surface area contributed by atoms with Crippen molar-refractivity contribution >= 4 is 11.0 Å². The lowest BCUT2D eigenvalue weighted by Gasteiger charge is -2.46. The molecule has 2 aromatic carbocycles. The van der Waals surface area contributed by atoms with E-state index in [0.717, 1.165) is 6.07 Å². The minimum Gasteiger partial charge on any atom is -0.508 e. The summed E-state index contributed by atoms with van der Waals surface area (Å²) in [5, 5.41) is 92.6. The standard InChI is InChI=1S/C28H32O15/c1-39-14-7-15-18(12(32)6-13(40-15)10-2-4-11(31)5-3-10)22(35)19(14)26-27(24(37)21(34)16(8-29)41-26)43-28-25(38)23(36)20(33)17(9-30)42-28/h2-7,16-17,20-21,23-31,33-38H,8-9H2,1H3/t16-,17-,20-,21-,23+,24+,25-,26-,27-,28-/m1/s1. The fourth-order valence-electron chi connectivity index (χ4n) is 5.32. The van der Waals surface area contributed by atoms with E-state index in [0.29, 0.717) is 5.56 Å². The second-order valence-electron chi connectivity index (χ2n) is 10.3. The fourth-order valence-corrected chi connectivity index (χ4v) is 5.32. The first-order valence-corrected chi connectivity index (χ1v) is 13.3. The molecule has 43 heavy (non-hydrogen) atoms. The normalized spacial score (nSPS) is 33.0. The minimum atomic E-state index is -1.89. The molecule has 0 amide bonds. The summed E-state index contributed by atoms with van der Waals surface area (Å²) < 4.78 is 28.3. The number of ether oxygens (including phenoxy) is 4. The predicted octanol–water partition coefficient (Wildman–Crippen LogP) is -1.78. The van der Waals surface area contributed by atoms with E-state index in [9.17, 15) is 50.8 Å². The van der Waals surface area contributed by atoms with Crippen LogP contribution < -0.4 is 10.2 Å². The van der Waals surface area contributed by atoms with Gasteiger partial charge in [-0.25, -0.2) is 0 Å². The Morgan fingerprint density at radius 1 is 0.814 bits per heavy atom. The highest BCUT2D eigenvalue weighted by molar-refractivity contribution is 5.88. The Morgan fingerprint density at radius 2 is 1.44 bits per heavy atom. The van der Waals surface area contributed by atoms with Gasteiger partial charge < -0.3 is 69.3 Å². The maximum absolute atomic E-state index is 13.3. The molecule has 0 radical (unpaired) electrons. The summed E-state index contributed by atoms with van der Waals surface area (Å²) in [7, 11) is 1.23. The van der Waals surface area contributed by atoms with Gasteiger partial charge in [-0.2, -0.15) is 0 Å². The second kappa shape index (κ2) is 12.3.